The van der Waals surface area contributed by atoms with Crippen LogP contribution in [-0.2, 0) is 22.6 Å². The molecule has 0 heterocycles. The van der Waals surface area contributed by atoms with Crippen LogP contribution < -0.4 is 0 Å². The molecule has 0 radical (unpaired) electrons. The van der Waals surface area contributed by atoms with Crippen molar-refractivity contribution in [2.45, 2.75) is 38.9 Å². The van der Waals surface area contributed by atoms with Crippen molar-refractivity contribution in [3.8, 4) is 0 Å². The molecule has 1 atom stereocenters. The molecule has 0 N–H and O–H groups in total. The zero-order valence-corrected chi connectivity index (χ0v) is 13.3. The number of carbonyl (C=O) groups excluding carboxylic acids is 1. The Labute approximate surface area is 123 Å². The summed E-state index contributed by atoms with van der Waals surface area (Å²) in [6.45, 7) is 7.57. The predicted octanol–water partition coefficient (Wildman–Crippen LogP) is 2.88. The molecule has 0 aliphatic rings. The number of rotatable bonds is 4. The highest BCUT2D eigenvalue weighted by atomic mass is 32.2. The number of nitrogens with zero attached hydrogens (tertiary/aromatic N) is 1. The Kier molecular flexibility index (Phi) is 5.64. The maximum atomic E-state index is 11.9. The lowest BCUT2D eigenvalue weighted by atomic mass is 10.0. The van der Waals surface area contributed by atoms with Crippen LogP contribution in [0.15, 0.2) is 22.6 Å². The summed E-state index contributed by atoms with van der Waals surface area (Å²) in [4.78, 5) is 11.1. The predicted molar refractivity (Wildman–Crippen MR) is 84.4 cm³/mol. The molecule has 3 nitrogen and oxygen atoms in total. The molecule has 0 aromatic heterocycles. The van der Waals surface area contributed by atoms with E-state index in [1.165, 1.54) is 0 Å². The largest absolute Gasteiger partial charge is 0.591 e. The molecule has 19 heavy (non-hydrogen) atoms. The van der Waals surface area contributed by atoms with E-state index >= 15 is 0 Å². The molecule has 0 aliphatic heterocycles. The Morgan fingerprint density at radius 1 is 1.47 bits per heavy atom. The van der Waals surface area contributed by atoms with Crippen molar-refractivity contribution in [2.24, 2.45) is 4.40 Å². The van der Waals surface area contributed by atoms with Gasteiger partial charge in [0.05, 0.1) is 6.21 Å². The Morgan fingerprint density at radius 3 is 2.63 bits per heavy atom. The highest BCUT2D eigenvalue weighted by molar-refractivity contribution is 7.96. The van der Waals surface area contributed by atoms with Gasteiger partial charge in [0.25, 0.3) is 0 Å². The van der Waals surface area contributed by atoms with Gasteiger partial charge in [-0.1, -0.05) is 28.2 Å². The molecular formula is C14H19NO2S2. The fraction of sp³-hybridized carbons (Fsp3) is 0.429. The van der Waals surface area contributed by atoms with Crippen molar-refractivity contribution in [2.75, 3.05) is 0 Å². The van der Waals surface area contributed by atoms with E-state index in [0.717, 1.165) is 16.7 Å². The van der Waals surface area contributed by atoms with Gasteiger partial charge in [0.15, 0.2) is 5.12 Å². The second kappa shape index (κ2) is 6.59. The fourth-order valence-electron chi connectivity index (χ4n) is 1.44. The third kappa shape index (κ3) is 5.38. The average Bonchev–Trinajstić information content (AvgIpc) is 2.25. The van der Waals surface area contributed by atoms with Crippen LogP contribution in [0.1, 0.15) is 37.5 Å². The third-order valence-corrected chi connectivity index (χ3v) is 3.95. The summed E-state index contributed by atoms with van der Waals surface area (Å²) in [5, 5.41) is -0.197. The fourth-order valence-corrected chi connectivity index (χ4v) is 2.14. The first-order valence-electron chi connectivity index (χ1n) is 5.97. The molecule has 0 saturated heterocycles. The van der Waals surface area contributed by atoms with Crippen molar-refractivity contribution in [1.29, 1.82) is 0 Å². The molecule has 0 saturated carbocycles. The van der Waals surface area contributed by atoms with Crippen molar-refractivity contribution in [3.63, 3.8) is 0 Å². The van der Waals surface area contributed by atoms with Gasteiger partial charge < -0.3 is 4.55 Å². The molecule has 104 valence electrons. The van der Waals surface area contributed by atoms with Crippen molar-refractivity contribution >= 4 is 35.3 Å². The average molecular weight is 297 g/mol. The smallest absolute Gasteiger partial charge is 0.190 e. The van der Waals surface area contributed by atoms with Gasteiger partial charge in [0.2, 0.25) is 0 Å². The molecule has 0 bridgehead atoms. The number of carbonyl (C=O) groups is 1. The van der Waals surface area contributed by atoms with E-state index in [9.17, 15) is 9.35 Å². The number of benzene rings is 1. The van der Waals surface area contributed by atoms with Crippen LogP contribution in [0.5, 0.6) is 0 Å². The summed E-state index contributed by atoms with van der Waals surface area (Å²) in [6, 6.07) is 5.74. The van der Waals surface area contributed by atoms with Crippen molar-refractivity contribution in [1.82, 2.24) is 0 Å². The zero-order valence-electron chi connectivity index (χ0n) is 11.6. The van der Waals surface area contributed by atoms with Crippen molar-refractivity contribution < 1.29 is 9.35 Å². The monoisotopic (exact) mass is 297 g/mol. The molecule has 5 heteroatoms. The van der Waals surface area contributed by atoms with Crippen LogP contribution in [0.2, 0.25) is 0 Å². The lowest BCUT2D eigenvalue weighted by Gasteiger charge is -2.17. The molecule has 0 spiro atoms. The minimum atomic E-state index is -1.30. The minimum absolute atomic E-state index is 0.197. The Morgan fingerprint density at radius 2 is 2.11 bits per heavy atom. The van der Waals surface area contributed by atoms with Crippen LogP contribution >= 0.6 is 12.6 Å². The van der Waals surface area contributed by atoms with E-state index < -0.39 is 11.4 Å². The third-order valence-electron chi connectivity index (χ3n) is 2.45. The van der Waals surface area contributed by atoms with Gasteiger partial charge in [0, 0.05) is 12.0 Å². The van der Waals surface area contributed by atoms with Crippen LogP contribution in [0.25, 0.3) is 0 Å². The number of hydrogen-bond donors (Lipinski definition) is 1. The topological polar surface area (TPSA) is 52.5 Å². The molecule has 1 aromatic carbocycles. The maximum absolute atomic E-state index is 11.9. The van der Waals surface area contributed by atoms with E-state index in [1.54, 1.807) is 6.21 Å². The van der Waals surface area contributed by atoms with Gasteiger partial charge in [0.1, 0.15) is 16.1 Å². The van der Waals surface area contributed by atoms with Crippen molar-refractivity contribution in [3.05, 3.63) is 34.9 Å². The zero-order chi connectivity index (χ0) is 14.6. The van der Waals surface area contributed by atoms with Crippen LogP contribution in [0.4, 0.5) is 0 Å². The van der Waals surface area contributed by atoms with Gasteiger partial charge in [-0.3, -0.25) is 4.79 Å². The van der Waals surface area contributed by atoms with Gasteiger partial charge >= 0.3 is 0 Å². The Hall–Kier alpha value is -0.780. The Balaban J connectivity index is 3.00. The lowest BCUT2D eigenvalue weighted by Crippen LogP contribution is -2.25. The molecule has 1 unspecified atom stereocenters. The van der Waals surface area contributed by atoms with E-state index in [2.05, 4.69) is 17.0 Å². The summed E-state index contributed by atoms with van der Waals surface area (Å²) in [5.74, 6) is 0. The van der Waals surface area contributed by atoms with Crippen LogP contribution in [0, 0.1) is 6.92 Å². The molecular weight excluding hydrogens is 278 g/mol. The first kappa shape index (κ1) is 16.3. The number of thiol groups is 1. The molecule has 0 fully saturated rings. The number of aryl methyl sites for hydroxylation is 1. The summed E-state index contributed by atoms with van der Waals surface area (Å²) in [7, 11) is 0. The SMILES string of the molecule is Cc1ccc(/C=N/[S+]([O-])C(C)(C)C)c(CC(=O)S)c1. The summed E-state index contributed by atoms with van der Waals surface area (Å²) >= 11 is 2.50. The normalized spacial score (nSPS) is 13.8. The van der Waals surface area contributed by atoms with Gasteiger partial charge in [-0.25, -0.2) is 0 Å². The summed E-state index contributed by atoms with van der Waals surface area (Å²) in [5.41, 5.74) is 2.74. The summed E-state index contributed by atoms with van der Waals surface area (Å²) in [6.07, 6.45) is 1.82. The summed E-state index contributed by atoms with van der Waals surface area (Å²) < 4.78 is 15.6. The highest BCUT2D eigenvalue weighted by Gasteiger charge is 2.25. The Bertz CT molecular complexity index is 493. The molecule has 0 amide bonds. The second-order valence-electron chi connectivity index (χ2n) is 5.37. The highest BCUT2D eigenvalue weighted by Crippen LogP contribution is 2.18. The lowest BCUT2D eigenvalue weighted by molar-refractivity contribution is -0.110. The molecule has 1 rings (SSSR count). The van der Waals surface area contributed by atoms with Crippen LogP contribution in [0.3, 0.4) is 0 Å². The molecule has 1 aromatic rings. The first-order valence-corrected chi connectivity index (χ1v) is 7.53. The van der Waals surface area contributed by atoms with E-state index in [1.807, 2.05) is 45.9 Å². The van der Waals surface area contributed by atoms with E-state index in [0.29, 0.717) is 0 Å². The van der Waals surface area contributed by atoms with Gasteiger partial charge in [-0.15, -0.1) is 12.6 Å². The molecule has 0 aliphatic carbocycles. The van der Waals surface area contributed by atoms with E-state index in [4.69, 9.17) is 0 Å². The number of hydrogen-bond acceptors (Lipinski definition) is 3. The minimum Gasteiger partial charge on any atom is -0.591 e. The standard InChI is InChI=1S/C14H19NO2S2/c1-10-5-6-11(12(7-10)8-13(16)18)9-15-19(17)14(2,3)4/h5-7,9H,8H2,1-4H3,(H,16,18)/b15-9+. The maximum Gasteiger partial charge on any atom is 0.190 e. The van der Waals surface area contributed by atoms with Gasteiger partial charge in [-0.05, 0) is 33.3 Å². The van der Waals surface area contributed by atoms with Gasteiger partial charge in [-0.2, -0.15) is 0 Å². The quantitative estimate of drug-likeness (QED) is 0.528. The van der Waals surface area contributed by atoms with Crippen LogP contribution in [-0.4, -0.2) is 20.6 Å². The first-order chi connectivity index (χ1) is 8.70. The van der Waals surface area contributed by atoms with E-state index in [-0.39, 0.29) is 16.3 Å². The second-order valence-corrected chi connectivity index (χ2v) is 7.80.